The quantitative estimate of drug-likeness (QED) is 0.142. The van der Waals surface area contributed by atoms with Gasteiger partial charge in [0.05, 0.1) is 28.4 Å². The average Bonchev–Trinajstić information content (AvgIpc) is 3.11. The molecule has 0 amide bonds. The van der Waals surface area contributed by atoms with E-state index in [1.807, 2.05) is 36.4 Å². The Morgan fingerprint density at radius 3 is 1.10 bits per heavy atom. The van der Waals surface area contributed by atoms with Gasteiger partial charge in [0.25, 0.3) is 0 Å². The Labute approximate surface area is 317 Å². The van der Waals surface area contributed by atoms with Crippen molar-refractivity contribution in [3.05, 3.63) is 131 Å². The minimum absolute atomic E-state index is 0. The van der Waals surface area contributed by atoms with Gasteiger partial charge in [-0.05, 0) is 77.2 Å². The van der Waals surface area contributed by atoms with Gasteiger partial charge >= 0.3 is 21.1 Å². The second kappa shape index (κ2) is 17.3. The number of methoxy groups -OCH3 is 4. The van der Waals surface area contributed by atoms with E-state index in [1.165, 1.54) is 44.5 Å². The fourth-order valence-electron chi connectivity index (χ4n) is 6.57. The van der Waals surface area contributed by atoms with E-state index in [0.717, 1.165) is 56.6 Å². The second-order valence-corrected chi connectivity index (χ2v) is 12.4. The third-order valence-electron chi connectivity index (χ3n) is 8.64. The minimum atomic E-state index is 0. The predicted molar refractivity (Wildman–Crippen MR) is 203 cm³/mol. The number of pyridine rings is 2. The van der Waals surface area contributed by atoms with Gasteiger partial charge in [0.1, 0.15) is 11.5 Å². The van der Waals surface area contributed by atoms with Crippen LogP contribution < -0.4 is 18.9 Å². The van der Waals surface area contributed by atoms with Crippen LogP contribution in [0.15, 0.2) is 85.2 Å². The van der Waals surface area contributed by atoms with Crippen LogP contribution in [0.4, 0.5) is 0 Å². The first-order valence-electron chi connectivity index (χ1n) is 16.4. The first-order chi connectivity index (χ1) is 24.1. The van der Waals surface area contributed by atoms with Gasteiger partial charge in [-0.3, -0.25) is 0 Å². The van der Waals surface area contributed by atoms with Gasteiger partial charge in [0.2, 0.25) is 0 Å². The maximum atomic E-state index is 5.44. The van der Waals surface area contributed by atoms with Gasteiger partial charge in [-0.25, -0.2) is 0 Å². The van der Waals surface area contributed by atoms with Gasteiger partial charge in [-0.1, -0.05) is 92.0 Å². The summed E-state index contributed by atoms with van der Waals surface area (Å²) in [5, 5.41) is 0. The molecule has 0 bridgehead atoms. The minimum Gasteiger partial charge on any atom is -0.540 e. The fourth-order valence-corrected chi connectivity index (χ4v) is 6.57. The normalized spacial score (nSPS) is 10.4. The molecule has 0 fully saturated rings. The summed E-state index contributed by atoms with van der Waals surface area (Å²) in [6.45, 7) is 12.8. The molecule has 2 heterocycles. The number of rotatable bonds is 8. The first-order valence-corrected chi connectivity index (χ1v) is 16.4. The molecule has 0 spiro atoms. The topological polar surface area (TPSA) is 62.7 Å². The molecule has 6 rings (SSSR count). The number of aryl methyl sites for hydroxylation is 6. The summed E-state index contributed by atoms with van der Waals surface area (Å²) in [5.41, 5.74) is 15.5. The van der Waals surface area contributed by atoms with Crippen LogP contribution in [0.3, 0.4) is 0 Å². The monoisotopic (exact) mass is 859 g/mol. The van der Waals surface area contributed by atoms with E-state index in [4.69, 9.17) is 18.9 Å². The molecule has 7 heteroatoms. The molecule has 51 heavy (non-hydrogen) atoms. The van der Waals surface area contributed by atoms with Crippen LogP contribution in [0.25, 0.3) is 44.8 Å². The Bertz CT molecular complexity index is 1940. The standard InChI is InChI=1S/2C22H22NO2.Pt/c2*1-14-10-15(2)22(16(3)11-14)20-12-17(24-4)6-7-19(20)21-13-18(25-5)8-9-23-21;/h2*6,8-13H,1-5H3;/q2*-1;+2. The molecule has 0 unspecified atom stereocenters. The predicted octanol–water partition coefficient (Wildman–Crippen LogP) is 10.3. The van der Waals surface area contributed by atoms with E-state index in [1.54, 1.807) is 40.8 Å². The Morgan fingerprint density at radius 1 is 0.451 bits per heavy atom. The van der Waals surface area contributed by atoms with Crippen molar-refractivity contribution < 1.29 is 40.0 Å². The van der Waals surface area contributed by atoms with Crippen molar-refractivity contribution in [1.82, 2.24) is 9.97 Å². The molecule has 4 aromatic carbocycles. The van der Waals surface area contributed by atoms with Crippen molar-refractivity contribution in [1.29, 1.82) is 0 Å². The Hall–Kier alpha value is -4.93. The van der Waals surface area contributed by atoms with Gasteiger partial charge in [-0.2, -0.15) is 0 Å². The molecule has 0 N–H and O–H groups in total. The number of benzene rings is 4. The smallest absolute Gasteiger partial charge is 0.540 e. The Kier molecular flexibility index (Phi) is 13.2. The van der Waals surface area contributed by atoms with E-state index in [2.05, 4.69) is 100 Å². The summed E-state index contributed by atoms with van der Waals surface area (Å²) >= 11 is 0. The molecule has 0 radical (unpaired) electrons. The maximum absolute atomic E-state index is 5.44. The Balaban J connectivity index is 0.000000224. The third kappa shape index (κ3) is 8.87. The largest absolute Gasteiger partial charge is 2.00 e. The van der Waals surface area contributed by atoms with E-state index in [0.29, 0.717) is 0 Å². The van der Waals surface area contributed by atoms with Crippen LogP contribution >= 0.6 is 0 Å². The zero-order valence-electron chi connectivity index (χ0n) is 30.9. The molecule has 6 nitrogen and oxygen atoms in total. The summed E-state index contributed by atoms with van der Waals surface area (Å²) in [6.07, 6.45) is 3.51. The van der Waals surface area contributed by atoms with Crippen LogP contribution in [-0.4, -0.2) is 38.4 Å². The molecule has 0 saturated carbocycles. The van der Waals surface area contributed by atoms with Crippen molar-refractivity contribution in [2.45, 2.75) is 41.5 Å². The number of hydrogen-bond acceptors (Lipinski definition) is 6. The molecule has 264 valence electrons. The van der Waals surface area contributed by atoms with Crippen LogP contribution in [0.2, 0.25) is 0 Å². The summed E-state index contributed by atoms with van der Waals surface area (Å²) in [7, 11) is 6.66. The number of hydrogen-bond donors (Lipinski definition) is 0. The molecule has 6 aromatic rings. The van der Waals surface area contributed by atoms with Crippen LogP contribution in [0, 0.1) is 53.7 Å². The van der Waals surface area contributed by atoms with Crippen LogP contribution in [-0.2, 0) is 21.1 Å². The van der Waals surface area contributed by atoms with Gasteiger partial charge in [-0.15, -0.1) is 35.4 Å². The summed E-state index contributed by atoms with van der Waals surface area (Å²) in [4.78, 5) is 9.05. The average molecular weight is 860 g/mol. The number of nitrogens with zero attached hydrogens (tertiary/aromatic N) is 2. The zero-order chi connectivity index (χ0) is 35.9. The fraction of sp³-hybridized carbons (Fsp3) is 0.227. The SMILES string of the molecule is COc1ccnc(-c2[c-]cc(OC)cc2-c2c(C)cc(C)cc2C)c1.COc1ccnc(-c2[c-]cc(OC)cc2-c2c(C)cc(C)cc2C)c1.[Pt+2]. The molecule has 0 saturated heterocycles. The van der Waals surface area contributed by atoms with E-state index < -0.39 is 0 Å². The maximum Gasteiger partial charge on any atom is 2.00 e. The summed E-state index contributed by atoms with van der Waals surface area (Å²) in [5.74, 6) is 3.11. The molecule has 0 aliphatic rings. The second-order valence-electron chi connectivity index (χ2n) is 12.4. The molecular weight excluding hydrogens is 816 g/mol. The third-order valence-corrected chi connectivity index (χ3v) is 8.64. The van der Waals surface area contributed by atoms with Crippen molar-refractivity contribution >= 4 is 0 Å². The molecule has 2 aromatic heterocycles. The van der Waals surface area contributed by atoms with Gasteiger partial charge in [0, 0.05) is 23.9 Å². The van der Waals surface area contributed by atoms with Crippen molar-refractivity contribution in [3.63, 3.8) is 0 Å². The molecule has 0 aliphatic carbocycles. The van der Waals surface area contributed by atoms with Gasteiger partial charge in [0.15, 0.2) is 0 Å². The van der Waals surface area contributed by atoms with E-state index in [9.17, 15) is 0 Å². The van der Waals surface area contributed by atoms with E-state index in [-0.39, 0.29) is 21.1 Å². The molecular formula is C44H44N2O4Pt. The number of aromatic nitrogens is 2. The molecule has 0 atom stereocenters. The van der Waals surface area contributed by atoms with Crippen molar-refractivity contribution in [3.8, 4) is 67.8 Å². The van der Waals surface area contributed by atoms with E-state index >= 15 is 0 Å². The summed E-state index contributed by atoms with van der Waals surface area (Å²) < 4.78 is 21.6. The van der Waals surface area contributed by atoms with Crippen molar-refractivity contribution in [2.75, 3.05) is 28.4 Å². The number of ether oxygens (including phenoxy) is 4. The van der Waals surface area contributed by atoms with Crippen LogP contribution in [0.1, 0.15) is 33.4 Å². The zero-order valence-corrected chi connectivity index (χ0v) is 33.2. The van der Waals surface area contributed by atoms with Crippen LogP contribution in [0.5, 0.6) is 23.0 Å². The Morgan fingerprint density at radius 2 is 0.784 bits per heavy atom. The van der Waals surface area contributed by atoms with Crippen molar-refractivity contribution in [2.24, 2.45) is 0 Å². The molecule has 0 aliphatic heterocycles. The summed E-state index contributed by atoms with van der Waals surface area (Å²) in [6, 6.07) is 30.8. The first kappa shape index (κ1) is 38.9. The van der Waals surface area contributed by atoms with Gasteiger partial charge < -0.3 is 28.9 Å².